The van der Waals surface area contributed by atoms with E-state index >= 15 is 0 Å². The van der Waals surface area contributed by atoms with Crippen LogP contribution in [0.2, 0.25) is 0 Å². The summed E-state index contributed by atoms with van der Waals surface area (Å²) in [4.78, 5) is 0. The van der Waals surface area contributed by atoms with Crippen LogP contribution in [0, 0.1) is 0 Å². The van der Waals surface area contributed by atoms with Crippen molar-refractivity contribution < 1.29 is 4.74 Å². The van der Waals surface area contributed by atoms with Crippen molar-refractivity contribution in [2.75, 3.05) is 12.3 Å². The maximum atomic E-state index is 5.98. The molecule has 1 aromatic carbocycles. The van der Waals surface area contributed by atoms with E-state index in [9.17, 15) is 0 Å². The number of rotatable bonds is 5. The Hall–Kier alpha value is -2.11. The van der Waals surface area contributed by atoms with Gasteiger partial charge >= 0.3 is 0 Å². The molecule has 1 aromatic heterocycles. The predicted molar refractivity (Wildman–Crippen MR) is 81.0 cm³/mol. The lowest BCUT2D eigenvalue weighted by Gasteiger charge is -2.41. The topological polar surface area (TPSA) is 78.8 Å². The van der Waals surface area contributed by atoms with Gasteiger partial charge in [-0.15, -0.1) is 5.10 Å². The van der Waals surface area contributed by atoms with Crippen LogP contribution in [-0.2, 0) is 5.54 Å². The molecular formula is C15H21N5O. The average Bonchev–Trinajstić information content (AvgIpc) is 2.87. The fourth-order valence-corrected chi connectivity index (χ4v) is 2.99. The van der Waals surface area contributed by atoms with E-state index in [-0.39, 0.29) is 5.54 Å². The maximum absolute atomic E-state index is 5.98. The lowest BCUT2D eigenvalue weighted by Crippen LogP contribution is -2.41. The minimum atomic E-state index is 0.0647. The molecule has 1 aliphatic carbocycles. The summed E-state index contributed by atoms with van der Waals surface area (Å²) in [7, 11) is 0. The molecule has 1 aliphatic rings. The minimum Gasteiger partial charge on any atom is -0.494 e. The number of hydrogen-bond donors (Lipinski definition) is 1. The largest absolute Gasteiger partial charge is 0.494 e. The Morgan fingerprint density at radius 3 is 2.71 bits per heavy atom. The Morgan fingerprint density at radius 2 is 2.10 bits per heavy atom. The standard InChI is InChI=1S/C15H21N5O/c1-3-15(6-5-7-15)20-14(17-18-19-20)11-8-12(16)10-13(9-11)21-4-2/h8-10H,3-7,16H2,1-2H3. The molecule has 1 heterocycles. The Bertz CT molecular complexity index is 627. The molecule has 0 unspecified atom stereocenters. The molecule has 0 atom stereocenters. The SMILES string of the molecule is CCOc1cc(N)cc(-c2nnnn2C2(CC)CCC2)c1. The van der Waals surface area contributed by atoms with E-state index in [1.807, 2.05) is 29.8 Å². The minimum absolute atomic E-state index is 0.0647. The lowest BCUT2D eigenvalue weighted by molar-refractivity contribution is 0.118. The van der Waals surface area contributed by atoms with Gasteiger partial charge in [0.2, 0.25) is 0 Å². The third-order valence-electron chi connectivity index (χ3n) is 4.36. The van der Waals surface area contributed by atoms with Crippen molar-refractivity contribution in [2.45, 2.75) is 45.1 Å². The van der Waals surface area contributed by atoms with E-state index in [2.05, 4.69) is 22.4 Å². The number of benzene rings is 1. The van der Waals surface area contributed by atoms with Gasteiger partial charge in [0.05, 0.1) is 12.1 Å². The van der Waals surface area contributed by atoms with Crippen molar-refractivity contribution in [3.8, 4) is 17.1 Å². The molecule has 6 nitrogen and oxygen atoms in total. The Balaban J connectivity index is 2.04. The number of nitrogens with two attached hydrogens (primary N) is 1. The number of aromatic nitrogens is 4. The lowest BCUT2D eigenvalue weighted by atomic mass is 9.75. The first-order chi connectivity index (χ1) is 10.2. The van der Waals surface area contributed by atoms with Crippen LogP contribution in [0.3, 0.4) is 0 Å². The summed E-state index contributed by atoms with van der Waals surface area (Å²) >= 11 is 0. The molecule has 1 saturated carbocycles. The number of tetrazole rings is 1. The molecule has 0 saturated heterocycles. The summed E-state index contributed by atoms with van der Waals surface area (Å²) in [5, 5.41) is 12.3. The van der Waals surface area contributed by atoms with E-state index in [1.54, 1.807) is 0 Å². The monoisotopic (exact) mass is 287 g/mol. The first kappa shape index (κ1) is 13.9. The summed E-state index contributed by atoms with van der Waals surface area (Å²) in [5.41, 5.74) is 7.60. The molecule has 0 spiro atoms. The number of anilines is 1. The summed E-state index contributed by atoms with van der Waals surface area (Å²) in [6, 6.07) is 5.66. The van der Waals surface area contributed by atoms with Crippen LogP contribution >= 0.6 is 0 Å². The smallest absolute Gasteiger partial charge is 0.182 e. The second kappa shape index (κ2) is 5.35. The van der Waals surface area contributed by atoms with Crippen LogP contribution in [0.5, 0.6) is 5.75 Å². The maximum Gasteiger partial charge on any atom is 0.182 e. The molecule has 21 heavy (non-hydrogen) atoms. The zero-order valence-electron chi connectivity index (χ0n) is 12.5. The van der Waals surface area contributed by atoms with Crippen LogP contribution < -0.4 is 10.5 Å². The van der Waals surface area contributed by atoms with E-state index in [0.29, 0.717) is 12.3 Å². The third-order valence-corrected chi connectivity index (χ3v) is 4.36. The predicted octanol–water partition coefficient (Wildman–Crippen LogP) is 2.61. The highest BCUT2D eigenvalue weighted by Crippen LogP contribution is 2.43. The van der Waals surface area contributed by atoms with E-state index in [0.717, 1.165) is 36.4 Å². The molecule has 3 rings (SSSR count). The van der Waals surface area contributed by atoms with Crippen molar-refractivity contribution in [3.05, 3.63) is 18.2 Å². The van der Waals surface area contributed by atoms with Gasteiger partial charge in [0, 0.05) is 17.3 Å². The van der Waals surface area contributed by atoms with Crippen LogP contribution in [0.25, 0.3) is 11.4 Å². The number of nitrogen functional groups attached to an aromatic ring is 1. The van der Waals surface area contributed by atoms with Gasteiger partial charge < -0.3 is 10.5 Å². The molecule has 6 heteroatoms. The van der Waals surface area contributed by atoms with Gasteiger partial charge in [-0.3, -0.25) is 0 Å². The van der Waals surface area contributed by atoms with Crippen LogP contribution in [0.4, 0.5) is 5.69 Å². The van der Waals surface area contributed by atoms with Gasteiger partial charge in [-0.25, -0.2) is 4.68 Å². The van der Waals surface area contributed by atoms with E-state index < -0.39 is 0 Å². The van der Waals surface area contributed by atoms with Crippen molar-refractivity contribution in [1.82, 2.24) is 20.2 Å². The summed E-state index contributed by atoms with van der Waals surface area (Å²) in [6.45, 7) is 4.75. The fraction of sp³-hybridized carbons (Fsp3) is 0.533. The van der Waals surface area contributed by atoms with E-state index in [4.69, 9.17) is 10.5 Å². The quantitative estimate of drug-likeness (QED) is 0.855. The van der Waals surface area contributed by atoms with Gasteiger partial charge in [-0.1, -0.05) is 6.92 Å². The molecule has 0 amide bonds. The first-order valence-corrected chi connectivity index (χ1v) is 7.51. The van der Waals surface area contributed by atoms with Gasteiger partial charge in [0.1, 0.15) is 5.75 Å². The molecule has 0 radical (unpaired) electrons. The van der Waals surface area contributed by atoms with Crippen molar-refractivity contribution in [3.63, 3.8) is 0 Å². The molecule has 0 bridgehead atoms. The normalized spacial score (nSPS) is 16.5. The highest BCUT2D eigenvalue weighted by Gasteiger charge is 2.40. The number of nitrogens with zero attached hydrogens (tertiary/aromatic N) is 4. The zero-order valence-corrected chi connectivity index (χ0v) is 12.5. The average molecular weight is 287 g/mol. The van der Waals surface area contributed by atoms with Crippen molar-refractivity contribution in [1.29, 1.82) is 0 Å². The summed E-state index contributed by atoms with van der Waals surface area (Å²) < 4.78 is 7.53. The van der Waals surface area contributed by atoms with Crippen molar-refractivity contribution >= 4 is 5.69 Å². The molecule has 112 valence electrons. The molecule has 2 N–H and O–H groups in total. The molecular weight excluding hydrogens is 266 g/mol. The first-order valence-electron chi connectivity index (χ1n) is 7.51. The van der Waals surface area contributed by atoms with Crippen LogP contribution in [0.1, 0.15) is 39.5 Å². The highest BCUT2D eigenvalue weighted by molar-refractivity contribution is 5.64. The Kier molecular flexibility index (Phi) is 3.53. The summed E-state index contributed by atoms with van der Waals surface area (Å²) in [6.07, 6.45) is 4.52. The molecule has 0 aliphatic heterocycles. The second-order valence-electron chi connectivity index (χ2n) is 5.57. The Labute approximate surface area is 124 Å². The third kappa shape index (κ3) is 2.34. The molecule has 2 aromatic rings. The number of hydrogen-bond acceptors (Lipinski definition) is 5. The summed E-state index contributed by atoms with van der Waals surface area (Å²) in [5.74, 6) is 1.52. The van der Waals surface area contributed by atoms with Crippen LogP contribution in [-0.4, -0.2) is 26.8 Å². The zero-order chi connectivity index (χ0) is 14.9. The van der Waals surface area contributed by atoms with Gasteiger partial charge in [-0.05, 0) is 55.2 Å². The fourth-order valence-electron chi connectivity index (χ4n) is 2.99. The van der Waals surface area contributed by atoms with Crippen molar-refractivity contribution in [2.24, 2.45) is 0 Å². The number of ether oxygens (including phenoxy) is 1. The van der Waals surface area contributed by atoms with E-state index in [1.165, 1.54) is 6.42 Å². The molecule has 1 fully saturated rings. The second-order valence-corrected chi connectivity index (χ2v) is 5.57. The van der Waals surface area contributed by atoms with Crippen LogP contribution in [0.15, 0.2) is 18.2 Å². The van der Waals surface area contributed by atoms with Gasteiger partial charge in [0.25, 0.3) is 0 Å². The van der Waals surface area contributed by atoms with Gasteiger partial charge in [0.15, 0.2) is 5.82 Å². The highest BCUT2D eigenvalue weighted by atomic mass is 16.5. The van der Waals surface area contributed by atoms with Gasteiger partial charge in [-0.2, -0.15) is 0 Å². The Morgan fingerprint density at radius 1 is 1.29 bits per heavy atom.